The number of halogens is 1. The highest BCUT2D eigenvalue weighted by Gasteiger charge is 2.19. The van der Waals surface area contributed by atoms with Crippen molar-refractivity contribution >= 4 is 34.2 Å². The summed E-state index contributed by atoms with van der Waals surface area (Å²) in [5, 5.41) is 2.76. The molecule has 1 aromatic heterocycles. The normalized spacial score (nSPS) is 12.4. The maximum atomic E-state index is 12.0. The Morgan fingerprint density at radius 2 is 2.00 bits per heavy atom. The maximum Gasteiger partial charge on any atom is 0.277 e. The predicted molar refractivity (Wildman–Crippen MR) is 85.4 cm³/mol. The Labute approximate surface area is 131 Å². The first-order valence-corrected chi connectivity index (χ1v) is 7.33. The van der Waals surface area contributed by atoms with Gasteiger partial charge in [0.05, 0.1) is 6.04 Å². The molecule has 2 aromatic rings. The first kappa shape index (κ1) is 15.0. The quantitative estimate of drug-likeness (QED) is 0.793. The topological polar surface area (TPSA) is 81.1 Å². The van der Waals surface area contributed by atoms with Gasteiger partial charge in [0.15, 0.2) is 5.69 Å². The highest BCUT2D eigenvalue weighted by Crippen LogP contribution is 2.19. The molecule has 106 valence electrons. The lowest BCUT2D eigenvalue weighted by Crippen LogP contribution is -2.18. The maximum absolute atomic E-state index is 12.0. The highest BCUT2D eigenvalue weighted by atomic mass is 127. The van der Waals surface area contributed by atoms with Gasteiger partial charge in [-0.2, -0.15) is 0 Å². The van der Waals surface area contributed by atoms with Gasteiger partial charge in [0, 0.05) is 9.26 Å². The van der Waals surface area contributed by atoms with Crippen molar-refractivity contribution in [3.8, 4) is 0 Å². The minimum Gasteiger partial charge on any atom is -0.446 e. The van der Waals surface area contributed by atoms with Crippen LogP contribution in [0.1, 0.15) is 36.3 Å². The lowest BCUT2D eigenvalue weighted by molar-refractivity contribution is 0.102. The van der Waals surface area contributed by atoms with Gasteiger partial charge in [0.25, 0.3) is 5.91 Å². The second kappa shape index (κ2) is 6.36. The molecule has 1 atom stereocenters. The van der Waals surface area contributed by atoms with Crippen LogP contribution in [0.5, 0.6) is 0 Å². The number of carbonyl (C=O) groups excluding carboxylic acids is 1. The van der Waals surface area contributed by atoms with E-state index in [1.165, 1.54) is 6.26 Å². The van der Waals surface area contributed by atoms with Crippen LogP contribution in [0.3, 0.4) is 0 Å². The largest absolute Gasteiger partial charge is 0.446 e. The molecule has 1 amide bonds. The van der Waals surface area contributed by atoms with Crippen LogP contribution in [-0.2, 0) is 0 Å². The summed E-state index contributed by atoms with van der Waals surface area (Å²) in [7, 11) is 0. The van der Waals surface area contributed by atoms with Crippen molar-refractivity contribution in [2.45, 2.75) is 19.9 Å². The summed E-state index contributed by atoms with van der Waals surface area (Å²) in [6.45, 7) is 3.94. The van der Waals surface area contributed by atoms with Gasteiger partial charge < -0.3 is 15.5 Å². The van der Waals surface area contributed by atoms with Gasteiger partial charge in [-0.1, -0.05) is 13.8 Å². The zero-order valence-electron chi connectivity index (χ0n) is 11.3. The number of carbonyl (C=O) groups is 1. The van der Waals surface area contributed by atoms with E-state index >= 15 is 0 Å². The van der Waals surface area contributed by atoms with E-state index < -0.39 is 0 Å². The fourth-order valence-corrected chi connectivity index (χ4v) is 1.92. The molecule has 1 unspecified atom stereocenters. The number of nitrogens with two attached hydrogens (primary N) is 1. The van der Waals surface area contributed by atoms with Crippen molar-refractivity contribution in [1.82, 2.24) is 4.98 Å². The van der Waals surface area contributed by atoms with Crippen LogP contribution >= 0.6 is 22.6 Å². The molecule has 0 saturated carbocycles. The van der Waals surface area contributed by atoms with E-state index in [1.807, 2.05) is 38.1 Å². The molecule has 0 radical (unpaired) electrons. The van der Waals surface area contributed by atoms with Crippen molar-refractivity contribution in [3.05, 3.63) is 45.7 Å². The summed E-state index contributed by atoms with van der Waals surface area (Å²) < 4.78 is 6.37. The van der Waals surface area contributed by atoms with E-state index in [0.717, 1.165) is 3.57 Å². The number of benzene rings is 1. The van der Waals surface area contributed by atoms with Crippen molar-refractivity contribution in [3.63, 3.8) is 0 Å². The molecular formula is C14H16IN3O2. The van der Waals surface area contributed by atoms with Gasteiger partial charge in [-0.3, -0.25) is 4.79 Å². The summed E-state index contributed by atoms with van der Waals surface area (Å²) in [5.74, 6) is 0.269. The number of oxazole rings is 1. The molecule has 0 saturated heterocycles. The molecule has 6 heteroatoms. The first-order chi connectivity index (χ1) is 9.47. The number of rotatable bonds is 4. The van der Waals surface area contributed by atoms with Gasteiger partial charge in [0.2, 0.25) is 5.89 Å². The highest BCUT2D eigenvalue weighted by molar-refractivity contribution is 14.1. The number of hydrogen-bond donors (Lipinski definition) is 2. The molecule has 0 spiro atoms. The third-order valence-corrected chi connectivity index (χ3v) is 3.58. The first-order valence-electron chi connectivity index (χ1n) is 6.25. The fourth-order valence-electron chi connectivity index (χ4n) is 1.56. The summed E-state index contributed by atoms with van der Waals surface area (Å²) in [4.78, 5) is 16.2. The molecule has 5 nitrogen and oxygen atoms in total. The van der Waals surface area contributed by atoms with Gasteiger partial charge >= 0.3 is 0 Å². The Morgan fingerprint density at radius 1 is 1.35 bits per heavy atom. The van der Waals surface area contributed by atoms with E-state index in [2.05, 4.69) is 32.9 Å². The molecule has 2 rings (SSSR count). The second-order valence-electron chi connectivity index (χ2n) is 4.80. The van der Waals surface area contributed by atoms with Crippen LogP contribution in [-0.4, -0.2) is 10.9 Å². The summed E-state index contributed by atoms with van der Waals surface area (Å²) in [5.41, 5.74) is 6.88. The summed E-state index contributed by atoms with van der Waals surface area (Å²) >= 11 is 2.20. The second-order valence-corrected chi connectivity index (χ2v) is 6.05. The van der Waals surface area contributed by atoms with Gasteiger partial charge in [-0.15, -0.1) is 0 Å². The van der Waals surface area contributed by atoms with Crippen LogP contribution in [0, 0.1) is 9.49 Å². The van der Waals surface area contributed by atoms with Gasteiger partial charge in [0.1, 0.15) is 6.26 Å². The van der Waals surface area contributed by atoms with Gasteiger partial charge in [-0.05, 0) is 52.8 Å². The predicted octanol–water partition coefficient (Wildman–Crippen LogP) is 3.19. The monoisotopic (exact) mass is 385 g/mol. The van der Waals surface area contributed by atoms with E-state index in [9.17, 15) is 4.79 Å². The standard InChI is InChI=1S/C14H16IN3O2/c1-8(2)12(16)14-18-11(7-20-14)13(19)17-10-5-3-9(15)4-6-10/h3-8,12H,16H2,1-2H3,(H,17,19). The van der Waals surface area contributed by atoms with Crippen molar-refractivity contribution < 1.29 is 9.21 Å². The Morgan fingerprint density at radius 3 is 2.60 bits per heavy atom. The molecule has 3 N–H and O–H groups in total. The summed E-state index contributed by atoms with van der Waals surface area (Å²) in [6.07, 6.45) is 1.33. The van der Waals surface area contributed by atoms with Crippen LogP contribution in [0.15, 0.2) is 34.9 Å². The molecule has 1 heterocycles. The Balaban J connectivity index is 2.08. The third kappa shape index (κ3) is 3.57. The SMILES string of the molecule is CC(C)C(N)c1nc(C(=O)Nc2ccc(I)cc2)co1. The Hall–Kier alpha value is -1.41. The van der Waals surface area contributed by atoms with Crippen LogP contribution in [0.25, 0.3) is 0 Å². The van der Waals surface area contributed by atoms with E-state index in [0.29, 0.717) is 11.6 Å². The molecule has 0 aliphatic heterocycles. The minimum atomic E-state index is -0.310. The lowest BCUT2D eigenvalue weighted by atomic mass is 10.1. The number of nitrogens with zero attached hydrogens (tertiary/aromatic N) is 1. The Kier molecular flexibility index (Phi) is 4.77. The minimum absolute atomic E-state index is 0.195. The number of amides is 1. The molecule has 1 aromatic carbocycles. The molecule has 0 fully saturated rings. The van der Waals surface area contributed by atoms with Crippen molar-refractivity contribution in [2.24, 2.45) is 11.7 Å². The lowest BCUT2D eigenvalue weighted by Gasteiger charge is -2.10. The Bertz CT molecular complexity index is 593. The number of anilines is 1. The number of aromatic nitrogens is 1. The third-order valence-electron chi connectivity index (χ3n) is 2.86. The van der Waals surface area contributed by atoms with Crippen LogP contribution in [0.4, 0.5) is 5.69 Å². The van der Waals surface area contributed by atoms with Crippen molar-refractivity contribution in [1.29, 1.82) is 0 Å². The number of nitrogens with one attached hydrogen (secondary N) is 1. The van der Waals surface area contributed by atoms with E-state index in [1.54, 1.807) is 0 Å². The summed E-state index contributed by atoms with van der Waals surface area (Å²) in [6, 6.07) is 7.19. The number of hydrogen-bond acceptors (Lipinski definition) is 4. The van der Waals surface area contributed by atoms with E-state index in [4.69, 9.17) is 10.2 Å². The average molecular weight is 385 g/mol. The van der Waals surface area contributed by atoms with Crippen LogP contribution in [0.2, 0.25) is 0 Å². The van der Waals surface area contributed by atoms with E-state index in [-0.39, 0.29) is 23.6 Å². The average Bonchev–Trinajstić information content (AvgIpc) is 2.90. The van der Waals surface area contributed by atoms with Crippen LogP contribution < -0.4 is 11.1 Å². The molecule has 0 aliphatic rings. The molecule has 20 heavy (non-hydrogen) atoms. The molecule has 0 bridgehead atoms. The van der Waals surface area contributed by atoms with Gasteiger partial charge in [-0.25, -0.2) is 4.98 Å². The molecule has 0 aliphatic carbocycles. The fraction of sp³-hybridized carbons (Fsp3) is 0.286. The smallest absolute Gasteiger partial charge is 0.277 e. The molecular weight excluding hydrogens is 369 g/mol. The zero-order chi connectivity index (χ0) is 14.7. The van der Waals surface area contributed by atoms with Crippen molar-refractivity contribution in [2.75, 3.05) is 5.32 Å². The zero-order valence-corrected chi connectivity index (χ0v) is 13.4.